The summed E-state index contributed by atoms with van der Waals surface area (Å²) in [6.07, 6.45) is 0.245. The first-order valence-electron chi connectivity index (χ1n) is 10.2. The minimum atomic E-state index is -0.0715. The molecular weight excluding hydrogens is 408 g/mol. The van der Waals surface area contributed by atoms with Gasteiger partial charge in [-0.3, -0.25) is 4.79 Å². The van der Waals surface area contributed by atoms with Gasteiger partial charge in [-0.05, 0) is 30.5 Å². The standard InChI is InChI=1S/C25H24N2O3S/c1-18-9-11-21(12-10-18)30-16-25-27-20(17-31-25)15-24(28)26-13-14-29-23-8-4-6-19-5-2-3-7-22(19)23/h2-12,17H,13-16H2,1H3,(H,26,28). The van der Waals surface area contributed by atoms with Crippen molar-refractivity contribution < 1.29 is 14.3 Å². The normalized spacial score (nSPS) is 10.7. The quantitative estimate of drug-likeness (QED) is 0.381. The molecule has 0 bridgehead atoms. The van der Waals surface area contributed by atoms with Crippen molar-refractivity contribution in [2.45, 2.75) is 20.0 Å². The zero-order valence-electron chi connectivity index (χ0n) is 17.3. The van der Waals surface area contributed by atoms with Gasteiger partial charge >= 0.3 is 0 Å². The van der Waals surface area contributed by atoms with Crippen LogP contribution < -0.4 is 14.8 Å². The maximum Gasteiger partial charge on any atom is 0.226 e. The molecular formula is C25H24N2O3S. The van der Waals surface area contributed by atoms with E-state index in [2.05, 4.69) is 22.4 Å². The van der Waals surface area contributed by atoms with Crippen LogP contribution in [0.15, 0.2) is 72.1 Å². The van der Waals surface area contributed by atoms with Crippen LogP contribution in [0.2, 0.25) is 0 Å². The topological polar surface area (TPSA) is 60.5 Å². The Morgan fingerprint density at radius 1 is 1.00 bits per heavy atom. The number of fused-ring (bicyclic) bond motifs is 1. The average Bonchev–Trinajstić information content (AvgIpc) is 3.23. The van der Waals surface area contributed by atoms with E-state index in [9.17, 15) is 4.79 Å². The number of amides is 1. The van der Waals surface area contributed by atoms with E-state index in [4.69, 9.17) is 9.47 Å². The molecule has 1 aromatic heterocycles. The van der Waals surface area contributed by atoms with Crippen molar-refractivity contribution in [1.82, 2.24) is 10.3 Å². The molecule has 0 spiro atoms. The van der Waals surface area contributed by atoms with Crippen molar-refractivity contribution in [1.29, 1.82) is 0 Å². The summed E-state index contributed by atoms with van der Waals surface area (Å²) in [4.78, 5) is 16.7. The molecule has 5 nitrogen and oxygen atoms in total. The van der Waals surface area contributed by atoms with Crippen molar-refractivity contribution in [2.24, 2.45) is 0 Å². The molecule has 4 aromatic rings. The molecule has 31 heavy (non-hydrogen) atoms. The largest absolute Gasteiger partial charge is 0.491 e. The molecule has 4 rings (SSSR count). The molecule has 0 saturated heterocycles. The zero-order chi connectivity index (χ0) is 21.5. The predicted molar refractivity (Wildman–Crippen MR) is 124 cm³/mol. The Kier molecular flexibility index (Phi) is 6.79. The molecule has 1 heterocycles. The van der Waals surface area contributed by atoms with E-state index in [0.29, 0.717) is 19.8 Å². The van der Waals surface area contributed by atoms with Gasteiger partial charge in [-0.1, -0.05) is 54.1 Å². The lowest BCUT2D eigenvalue weighted by molar-refractivity contribution is -0.120. The Balaban J connectivity index is 1.20. The number of hydrogen-bond acceptors (Lipinski definition) is 5. The van der Waals surface area contributed by atoms with E-state index >= 15 is 0 Å². The Labute approximate surface area is 185 Å². The van der Waals surface area contributed by atoms with E-state index in [1.807, 2.05) is 66.9 Å². The van der Waals surface area contributed by atoms with E-state index in [1.165, 1.54) is 16.9 Å². The van der Waals surface area contributed by atoms with Crippen molar-refractivity contribution in [3.63, 3.8) is 0 Å². The summed E-state index contributed by atoms with van der Waals surface area (Å²) in [6.45, 7) is 3.29. The Morgan fingerprint density at radius 2 is 1.81 bits per heavy atom. The fraction of sp³-hybridized carbons (Fsp3) is 0.200. The van der Waals surface area contributed by atoms with Crippen LogP contribution in [0.5, 0.6) is 11.5 Å². The molecule has 3 aromatic carbocycles. The van der Waals surface area contributed by atoms with Crippen LogP contribution in [0.25, 0.3) is 10.8 Å². The molecule has 0 aliphatic carbocycles. The smallest absolute Gasteiger partial charge is 0.226 e. The minimum absolute atomic E-state index is 0.0715. The number of carbonyl (C=O) groups is 1. The monoisotopic (exact) mass is 432 g/mol. The zero-order valence-corrected chi connectivity index (χ0v) is 18.2. The summed E-state index contributed by atoms with van der Waals surface area (Å²) in [5.74, 6) is 1.56. The number of nitrogens with one attached hydrogen (secondary N) is 1. The number of nitrogens with zero attached hydrogens (tertiary/aromatic N) is 1. The number of aromatic nitrogens is 1. The van der Waals surface area contributed by atoms with Crippen LogP contribution in [0, 0.1) is 6.92 Å². The van der Waals surface area contributed by atoms with Crippen LogP contribution in [-0.2, 0) is 17.8 Å². The number of aryl methyl sites for hydroxylation is 1. The fourth-order valence-electron chi connectivity index (χ4n) is 3.18. The first-order valence-corrected chi connectivity index (χ1v) is 11.1. The lowest BCUT2D eigenvalue weighted by atomic mass is 10.1. The Hall–Kier alpha value is -3.38. The first kappa shape index (κ1) is 20.9. The molecule has 1 N–H and O–H groups in total. The van der Waals surface area contributed by atoms with Crippen molar-refractivity contribution in [3.8, 4) is 11.5 Å². The first-order chi connectivity index (χ1) is 15.2. The van der Waals surface area contributed by atoms with Gasteiger partial charge in [0.25, 0.3) is 0 Å². The van der Waals surface area contributed by atoms with Crippen LogP contribution >= 0.6 is 11.3 Å². The third-order valence-electron chi connectivity index (χ3n) is 4.76. The predicted octanol–water partition coefficient (Wildman–Crippen LogP) is 4.92. The van der Waals surface area contributed by atoms with Gasteiger partial charge in [-0.2, -0.15) is 0 Å². The van der Waals surface area contributed by atoms with Crippen molar-refractivity contribution in [2.75, 3.05) is 13.2 Å². The van der Waals surface area contributed by atoms with Gasteiger partial charge in [0.05, 0.1) is 18.7 Å². The lowest BCUT2D eigenvalue weighted by Crippen LogP contribution is -2.29. The number of ether oxygens (including phenoxy) is 2. The third-order valence-corrected chi connectivity index (χ3v) is 5.63. The second-order valence-corrected chi connectivity index (χ2v) is 8.13. The number of hydrogen-bond donors (Lipinski definition) is 1. The number of rotatable bonds is 9. The fourth-order valence-corrected chi connectivity index (χ4v) is 3.88. The molecule has 0 aliphatic heterocycles. The van der Waals surface area contributed by atoms with Crippen LogP contribution in [0.1, 0.15) is 16.3 Å². The third kappa shape index (κ3) is 5.83. The summed E-state index contributed by atoms with van der Waals surface area (Å²) in [5.41, 5.74) is 1.94. The lowest BCUT2D eigenvalue weighted by Gasteiger charge is -2.10. The Bertz CT molecular complexity index is 1150. The van der Waals surface area contributed by atoms with E-state index in [-0.39, 0.29) is 12.3 Å². The van der Waals surface area contributed by atoms with Crippen molar-refractivity contribution >= 4 is 28.0 Å². The van der Waals surface area contributed by atoms with Gasteiger partial charge in [-0.25, -0.2) is 4.98 Å². The van der Waals surface area contributed by atoms with Crippen LogP contribution in [-0.4, -0.2) is 24.0 Å². The molecule has 158 valence electrons. The summed E-state index contributed by atoms with van der Waals surface area (Å²) in [7, 11) is 0. The second-order valence-electron chi connectivity index (χ2n) is 7.19. The SMILES string of the molecule is Cc1ccc(OCc2nc(CC(=O)NCCOc3cccc4ccccc34)cs2)cc1. The average molecular weight is 433 g/mol. The van der Waals surface area contributed by atoms with Gasteiger partial charge < -0.3 is 14.8 Å². The molecule has 0 atom stereocenters. The van der Waals surface area contributed by atoms with Gasteiger partial charge in [-0.15, -0.1) is 11.3 Å². The molecule has 1 amide bonds. The Morgan fingerprint density at radius 3 is 2.68 bits per heavy atom. The molecule has 0 aliphatic rings. The van der Waals surface area contributed by atoms with Crippen molar-refractivity contribution in [3.05, 3.63) is 88.4 Å². The highest BCUT2D eigenvalue weighted by Crippen LogP contribution is 2.24. The van der Waals surface area contributed by atoms with Gasteiger partial charge in [0.1, 0.15) is 29.7 Å². The van der Waals surface area contributed by atoms with Crippen LogP contribution in [0.4, 0.5) is 0 Å². The molecule has 6 heteroatoms. The highest BCUT2D eigenvalue weighted by atomic mass is 32.1. The maximum absolute atomic E-state index is 12.2. The highest BCUT2D eigenvalue weighted by molar-refractivity contribution is 7.09. The molecule has 0 radical (unpaired) electrons. The number of carbonyl (C=O) groups excluding carboxylic acids is 1. The molecule has 0 saturated carbocycles. The van der Waals surface area contributed by atoms with Gasteiger partial charge in [0.2, 0.25) is 5.91 Å². The number of thiazole rings is 1. The van der Waals surface area contributed by atoms with E-state index in [1.54, 1.807) is 0 Å². The summed E-state index contributed by atoms with van der Waals surface area (Å²) < 4.78 is 11.6. The van der Waals surface area contributed by atoms with Crippen LogP contribution in [0.3, 0.4) is 0 Å². The molecule has 0 fully saturated rings. The minimum Gasteiger partial charge on any atom is -0.491 e. The van der Waals surface area contributed by atoms with E-state index in [0.717, 1.165) is 33.0 Å². The summed E-state index contributed by atoms with van der Waals surface area (Å²) in [6, 6.07) is 22.0. The van der Waals surface area contributed by atoms with E-state index < -0.39 is 0 Å². The summed E-state index contributed by atoms with van der Waals surface area (Å²) >= 11 is 1.50. The number of benzene rings is 3. The van der Waals surface area contributed by atoms with Gasteiger partial charge in [0.15, 0.2) is 0 Å². The van der Waals surface area contributed by atoms with Gasteiger partial charge in [0, 0.05) is 10.8 Å². The second kappa shape index (κ2) is 10.1. The maximum atomic E-state index is 12.2. The summed E-state index contributed by atoms with van der Waals surface area (Å²) in [5, 5.41) is 7.85. The molecule has 0 unspecified atom stereocenters. The highest BCUT2D eigenvalue weighted by Gasteiger charge is 2.09.